The third-order valence-corrected chi connectivity index (χ3v) is 7.85. The van der Waals surface area contributed by atoms with Crippen LogP contribution in [0.15, 0.2) is 52.2 Å². The molecular weight excluding hydrogens is 524 g/mol. The number of hydrazone groups is 1. The van der Waals surface area contributed by atoms with Gasteiger partial charge in [0.05, 0.1) is 23.3 Å². The maximum absolute atomic E-state index is 13.7. The average molecular weight is 555 g/mol. The number of carbonyl (C=O) groups excluding carboxylic acids is 4. The summed E-state index contributed by atoms with van der Waals surface area (Å²) in [6.45, 7) is 2.78. The number of hydrogen-bond acceptors (Lipinski definition) is 9. The van der Waals surface area contributed by atoms with E-state index in [1.807, 2.05) is 0 Å². The Morgan fingerprint density at radius 3 is 2.51 bits per heavy atom. The predicted molar refractivity (Wildman–Crippen MR) is 143 cm³/mol. The number of carbonyl (C=O) groups is 4. The summed E-state index contributed by atoms with van der Waals surface area (Å²) in [6, 6.07) is 10.1. The van der Waals surface area contributed by atoms with E-state index in [1.54, 1.807) is 46.2 Å². The van der Waals surface area contributed by atoms with Crippen LogP contribution in [0.1, 0.15) is 33.8 Å². The number of ether oxygens (including phenoxy) is 1. The van der Waals surface area contributed by atoms with Gasteiger partial charge in [-0.25, -0.2) is 5.43 Å². The topological polar surface area (TPSA) is 146 Å². The molecule has 0 radical (unpaired) electrons. The largest absolute Gasteiger partial charge is 0.459 e. The first kappa shape index (κ1) is 26.8. The van der Waals surface area contributed by atoms with E-state index in [4.69, 9.17) is 9.15 Å². The van der Waals surface area contributed by atoms with E-state index in [0.717, 1.165) is 0 Å². The molecule has 0 saturated carbocycles. The molecule has 2 fully saturated rings. The molecule has 1 aromatic heterocycles. The molecule has 3 aliphatic rings. The molecule has 13 heteroatoms. The van der Waals surface area contributed by atoms with Crippen LogP contribution >= 0.6 is 11.8 Å². The molecule has 1 aromatic carbocycles. The van der Waals surface area contributed by atoms with E-state index in [1.165, 1.54) is 18.0 Å². The zero-order chi connectivity index (χ0) is 27.2. The Morgan fingerprint density at radius 1 is 1.03 bits per heavy atom. The van der Waals surface area contributed by atoms with Crippen molar-refractivity contribution in [1.29, 1.82) is 0 Å². The van der Waals surface area contributed by atoms with Crippen LogP contribution in [0.5, 0.6) is 5.75 Å². The average Bonchev–Trinajstić information content (AvgIpc) is 3.45. The van der Waals surface area contributed by atoms with Crippen LogP contribution in [-0.2, 0) is 9.59 Å². The van der Waals surface area contributed by atoms with Crippen molar-refractivity contribution < 1.29 is 28.3 Å². The minimum atomic E-state index is -1.00. The van der Waals surface area contributed by atoms with Crippen LogP contribution in [-0.4, -0.2) is 95.6 Å². The minimum Gasteiger partial charge on any atom is -0.459 e. The van der Waals surface area contributed by atoms with Crippen LogP contribution < -0.4 is 20.8 Å². The molecule has 4 heterocycles. The van der Waals surface area contributed by atoms with E-state index in [9.17, 15) is 19.2 Å². The fourth-order valence-corrected chi connectivity index (χ4v) is 5.54. The van der Waals surface area contributed by atoms with Gasteiger partial charge in [0, 0.05) is 26.2 Å². The van der Waals surface area contributed by atoms with Gasteiger partial charge in [0.1, 0.15) is 11.3 Å². The highest BCUT2D eigenvalue weighted by atomic mass is 32.2. The maximum Gasteiger partial charge on any atom is 0.289 e. The van der Waals surface area contributed by atoms with Gasteiger partial charge in [-0.3, -0.25) is 19.2 Å². The van der Waals surface area contributed by atoms with Gasteiger partial charge in [-0.05, 0) is 50.2 Å². The third kappa shape index (κ3) is 6.09. The summed E-state index contributed by atoms with van der Waals surface area (Å²) in [7, 11) is 0. The molecule has 0 aliphatic carbocycles. The Hall–Kier alpha value is -3.84. The number of thioether (sulfide) groups is 1. The van der Waals surface area contributed by atoms with Crippen LogP contribution in [0.4, 0.5) is 0 Å². The van der Waals surface area contributed by atoms with Crippen LogP contribution in [0.3, 0.4) is 0 Å². The molecule has 0 spiro atoms. The first-order valence-electron chi connectivity index (χ1n) is 12.8. The molecule has 206 valence electrons. The van der Waals surface area contributed by atoms with E-state index in [-0.39, 0.29) is 46.8 Å². The minimum absolute atomic E-state index is 0.0891. The lowest BCUT2D eigenvalue weighted by atomic mass is 9.86. The lowest BCUT2D eigenvalue weighted by Crippen LogP contribution is -2.65. The van der Waals surface area contributed by atoms with Crippen molar-refractivity contribution in [2.45, 2.75) is 18.4 Å². The number of piperidine rings is 1. The second kappa shape index (κ2) is 11.9. The standard InChI is InChI=1S/C26H30N6O6S/c33-21(16-39-17-22-29-30-23(34)18-4-1-2-5-19(18)38-22)28-26(7-9-27-10-8-26)25(36)32-13-11-31(12-14-32)24(35)20-6-3-15-37-20/h1-6,15,27H,7-14,16-17H2,(H,28,33)(H,30,34). The quantitative estimate of drug-likeness (QED) is 0.453. The first-order chi connectivity index (χ1) is 18.9. The van der Waals surface area contributed by atoms with Crippen LogP contribution in [0.25, 0.3) is 0 Å². The molecule has 3 N–H and O–H groups in total. The van der Waals surface area contributed by atoms with E-state index in [2.05, 4.69) is 21.2 Å². The Labute approximate surface area is 229 Å². The monoisotopic (exact) mass is 554 g/mol. The number of furan rings is 1. The van der Waals surface area contributed by atoms with Crippen molar-refractivity contribution in [3.63, 3.8) is 0 Å². The van der Waals surface area contributed by atoms with E-state index in [0.29, 0.717) is 63.4 Å². The number of hydrogen-bond donors (Lipinski definition) is 3. The Balaban J connectivity index is 1.15. The molecule has 0 atom stereocenters. The molecule has 2 aromatic rings. The number of piperazine rings is 1. The molecule has 39 heavy (non-hydrogen) atoms. The molecule has 0 bridgehead atoms. The Kier molecular flexibility index (Phi) is 8.17. The van der Waals surface area contributed by atoms with E-state index < -0.39 is 5.54 Å². The van der Waals surface area contributed by atoms with Crippen molar-refractivity contribution >= 4 is 41.3 Å². The summed E-state index contributed by atoms with van der Waals surface area (Å²) in [5, 5.41) is 10.3. The second-order valence-corrected chi connectivity index (χ2v) is 10.5. The van der Waals surface area contributed by atoms with Gasteiger partial charge >= 0.3 is 0 Å². The number of benzene rings is 1. The fraction of sp³-hybridized carbons (Fsp3) is 0.423. The number of para-hydroxylation sites is 1. The number of fused-ring (bicyclic) bond motifs is 1. The summed E-state index contributed by atoms with van der Waals surface area (Å²) in [6.07, 6.45) is 2.42. The van der Waals surface area contributed by atoms with E-state index >= 15 is 0 Å². The van der Waals surface area contributed by atoms with Gasteiger partial charge in [-0.15, -0.1) is 16.9 Å². The molecule has 4 amide bonds. The zero-order valence-electron chi connectivity index (χ0n) is 21.3. The van der Waals surface area contributed by atoms with Gasteiger partial charge in [-0.2, -0.15) is 0 Å². The number of nitrogens with zero attached hydrogens (tertiary/aromatic N) is 3. The molecule has 12 nitrogen and oxygen atoms in total. The van der Waals surface area contributed by atoms with Gasteiger partial charge < -0.3 is 29.6 Å². The number of amides is 4. The summed E-state index contributed by atoms with van der Waals surface area (Å²) >= 11 is 1.28. The highest BCUT2D eigenvalue weighted by molar-refractivity contribution is 8.00. The molecular formula is C26H30N6O6S. The summed E-state index contributed by atoms with van der Waals surface area (Å²) < 4.78 is 11.0. The van der Waals surface area contributed by atoms with Gasteiger partial charge in [0.2, 0.25) is 17.7 Å². The third-order valence-electron chi connectivity index (χ3n) is 6.93. The highest BCUT2D eigenvalue weighted by Gasteiger charge is 2.44. The predicted octanol–water partition coefficient (Wildman–Crippen LogP) is 0.672. The van der Waals surface area contributed by atoms with Gasteiger partial charge in [-0.1, -0.05) is 12.1 Å². The number of rotatable bonds is 7. The Morgan fingerprint density at radius 2 is 1.77 bits per heavy atom. The SMILES string of the molecule is O=C(CSCC1=NNC(=O)c2ccccc2O1)NC1(C(=O)N2CCN(C(=O)c3ccco3)CC2)CCNCC1. The zero-order valence-corrected chi connectivity index (χ0v) is 22.1. The Bertz CT molecular complexity index is 1250. The fourth-order valence-electron chi connectivity index (χ4n) is 4.88. The molecule has 2 saturated heterocycles. The lowest BCUT2D eigenvalue weighted by molar-refractivity contribution is -0.144. The normalized spacial score (nSPS) is 18.7. The van der Waals surface area contributed by atoms with Gasteiger partial charge in [0.15, 0.2) is 5.76 Å². The van der Waals surface area contributed by atoms with Crippen LogP contribution in [0, 0.1) is 0 Å². The summed E-state index contributed by atoms with van der Waals surface area (Å²) in [5.41, 5.74) is 1.84. The van der Waals surface area contributed by atoms with Crippen molar-refractivity contribution in [1.82, 2.24) is 25.9 Å². The van der Waals surface area contributed by atoms with Crippen molar-refractivity contribution in [2.24, 2.45) is 5.10 Å². The molecule has 0 unspecified atom stereocenters. The second-order valence-electron chi connectivity index (χ2n) is 9.48. The van der Waals surface area contributed by atoms with Crippen LogP contribution in [0.2, 0.25) is 0 Å². The smallest absolute Gasteiger partial charge is 0.289 e. The van der Waals surface area contributed by atoms with Crippen molar-refractivity contribution in [3.05, 3.63) is 54.0 Å². The molecule has 3 aliphatic heterocycles. The molecule has 5 rings (SSSR count). The maximum atomic E-state index is 13.7. The van der Waals surface area contributed by atoms with Gasteiger partial charge in [0.25, 0.3) is 11.8 Å². The highest BCUT2D eigenvalue weighted by Crippen LogP contribution is 2.24. The van der Waals surface area contributed by atoms with Crippen molar-refractivity contribution in [3.8, 4) is 5.75 Å². The summed E-state index contributed by atoms with van der Waals surface area (Å²) in [4.78, 5) is 54.8. The first-order valence-corrected chi connectivity index (χ1v) is 14.0. The number of nitrogens with one attached hydrogen (secondary N) is 3. The van der Waals surface area contributed by atoms with Crippen molar-refractivity contribution in [2.75, 3.05) is 50.8 Å². The lowest BCUT2D eigenvalue weighted by Gasteiger charge is -2.43. The summed E-state index contributed by atoms with van der Waals surface area (Å²) in [5.74, 6) is 0.370.